The maximum atomic E-state index is 12.3. The SMILES string of the molecule is COC(C)NS(=O)(=O)Nc1ncnc(OCCO)c1-c1ccc(Br)cc1. The summed E-state index contributed by atoms with van der Waals surface area (Å²) in [6.07, 6.45) is 0.447. The Kier molecular flexibility index (Phi) is 7.29. The second-order valence-corrected chi connectivity index (χ2v) is 7.45. The lowest BCUT2D eigenvalue weighted by atomic mass is 10.1. The number of rotatable bonds is 9. The molecule has 9 nitrogen and oxygen atoms in total. The van der Waals surface area contributed by atoms with Gasteiger partial charge >= 0.3 is 10.2 Å². The fraction of sp³-hybridized carbons (Fsp3) is 0.333. The molecule has 0 amide bonds. The van der Waals surface area contributed by atoms with Crippen molar-refractivity contribution in [2.24, 2.45) is 0 Å². The van der Waals surface area contributed by atoms with Crippen molar-refractivity contribution in [2.45, 2.75) is 13.2 Å². The van der Waals surface area contributed by atoms with Crippen molar-refractivity contribution >= 4 is 32.0 Å². The minimum atomic E-state index is -3.95. The zero-order valence-electron chi connectivity index (χ0n) is 14.1. The van der Waals surface area contributed by atoms with E-state index < -0.39 is 16.4 Å². The summed E-state index contributed by atoms with van der Waals surface area (Å²) in [7, 11) is -2.57. The lowest BCUT2D eigenvalue weighted by molar-refractivity contribution is 0.110. The Hall–Kier alpha value is -1.79. The number of hydrogen-bond acceptors (Lipinski definition) is 7. The molecule has 1 atom stereocenters. The van der Waals surface area contributed by atoms with Gasteiger partial charge in [-0.3, -0.25) is 4.72 Å². The summed E-state index contributed by atoms with van der Waals surface area (Å²) in [6, 6.07) is 7.11. The van der Waals surface area contributed by atoms with E-state index in [0.717, 1.165) is 4.47 Å². The molecule has 1 aromatic heterocycles. The minimum Gasteiger partial charge on any atom is -0.475 e. The van der Waals surface area contributed by atoms with Crippen LogP contribution in [0.2, 0.25) is 0 Å². The number of nitrogens with one attached hydrogen (secondary N) is 2. The van der Waals surface area contributed by atoms with Gasteiger partial charge in [0.05, 0.1) is 12.2 Å². The van der Waals surface area contributed by atoms with Gasteiger partial charge < -0.3 is 14.6 Å². The summed E-state index contributed by atoms with van der Waals surface area (Å²) in [5, 5.41) is 9.00. The molecule has 3 N–H and O–H groups in total. The number of benzene rings is 1. The molecule has 0 saturated carbocycles. The van der Waals surface area contributed by atoms with Crippen LogP contribution in [0.15, 0.2) is 35.1 Å². The van der Waals surface area contributed by atoms with Gasteiger partial charge in [-0.2, -0.15) is 13.1 Å². The molecule has 0 aliphatic heterocycles. The molecule has 0 radical (unpaired) electrons. The van der Waals surface area contributed by atoms with Crippen molar-refractivity contribution < 1.29 is 23.0 Å². The van der Waals surface area contributed by atoms with E-state index in [2.05, 4.69) is 35.3 Å². The number of aliphatic hydroxyl groups excluding tert-OH is 1. The van der Waals surface area contributed by atoms with Crippen LogP contribution in [-0.4, -0.2) is 50.0 Å². The fourth-order valence-corrected chi connectivity index (χ4v) is 3.26. The fourth-order valence-electron chi connectivity index (χ4n) is 2.00. The Labute approximate surface area is 160 Å². The Balaban J connectivity index is 2.46. The number of aliphatic hydroxyl groups is 1. The molecule has 1 heterocycles. The molecule has 0 aliphatic carbocycles. The lowest BCUT2D eigenvalue weighted by Gasteiger charge is -2.17. The molecule has 2 aromatic rings. The highest BCUT2D eigenvalue weighted by atomic mass is 79.9. The number of halogens is 1. The monoisotopic (exact) mass is 446 g/mol. The number of hydrogen-bond donors (Lipinski definition) is 3. The number of anilines is 1. The summed E-state index contributed by atoms with van der Waals surface area (Å²) in [4.78, 5) is 8.07. The Morgan fingerprint density at radius 2 is 1.96 bits per heavy atom. The van der Waals surface area contributed by atoms with Crippen LogP contribution in [0, 0.1) is 0 Å². The van der Waals surface area contributed by atoms with E-state index in [1.165, 1.54) is 13.4 Å². The van der Waals surface area contributed by atoms with Gasteiger partial charge in [-0.15, -0.1) is 0 Å². The maximum Gasteiger partial charge on any atom is 0.302 e. The van der Waals surface area contributed by atoms with Crippen molar-refractivity contribution in [1.82, 2.24) is 14.7 Å². The summed E-state index contributed by atoms with van der Waals surface area (Å²) in [5.74, 6) is 0.180. The third-order valence-corrected chi connectivity index (χ3v) is 4.81. The van der Waals surface area contributed by atoms with Crippen LogP contribution in [0.3, 0.4) is 0 Å². The highest BCUT2D eigenvalue weighted by Crippen LogP contribution is 2.34. The van der Waals surface area contributed by atoms with E-state index in [-0.39, 0.29) is 24.9 Å². The van der Waals surface area contributed by atoms with Crippen LogP contribution in [0.1, 0.15) is 6.92 Å². The van der Waals surface area contributed by atoms with Crippen molar-refractivity contribution in [2.75, 3.05) is 25.0 Å². The van der Waals surface area contributed by atoms with Crippen LogP contribution in [0.25, 0.3) is 11.1 Å². The van der Waals surface area contributed by atoms with E-state index in [0.29, 0.717) is 11.1 Å². The smallest absolute Gasteiger partial charge is 0.302 e. The third kappa shape index (κ3) is 5.61. The average molecular weight is 447 g/mol. The number of ether oxygens (including phenoxy) is 2. The molecule has 11 heteroatoms. The van der Waals surface area contributed by atoms with Crippen LogP contribution in [-0.2, 0) is 14.9 Å². The molecule has 0 bridgehead atoms. The Morgan fingerprint density at radius 1 is 1.27 bits per heavy atom. The molecule has 0 spiro atoms. The second-order valence-electron chi connectivity index (χ2n) is 5.08. The van der Waals surface area contributed by atoms with Crippen LogP contribution < -0.4 is 14.2 Å². The minimum absolute atomic E-state index is 0.00564. The topological polar surface area (TPSA) is 123 Å². The van der Waals surface area contributed by atoms with Crippen molar-refractivity contribution in [3.8, 4) is 17.0 Å². The molecule has 26 heavy (non-hydrogen) atoms. The highest BCUT2D eigenvalue weighted by Gasteiger charge is 2.21. The van der Waals surface area contributed by atoms with E-state index in [4.69, 9.17) is 14.6 Å². The molecule has 0 aliphatic rings. The van der Waals surface area contributed by atoms with Gasteiger partial charge in [0.2, 0.25) is 5.88 Å². The van der Waals surface area contributed by atoms with E-state index in [1.807, 2.05) is 0 Å². The van der Waals surface area contributed by atoms with Crippen molar-refractivity contribution in [3.63, 3.8) is 0 Å². The Bertz CT molecular complexity index is 832. The van der Waals surface area contributed by atoms with E-state index in [9.17, 15) is 8.42 Å². The highest BCUT2D eigenvalue weighted by molar-refractivity contribution is 9.10. The lowest BCUT2D eigenvalue weighted by Crippen LogP contribution is -2.38. The number of methoxy groups -OCH3 is 1. The first kappa shape index (κ1) is 20.5. The summed E-state index contributed by atoms with van der Waals surface area (Å²) in [6.45, 7) is 1.34. The van der Waals surface area contributed by atoms with Gasteiger partial charge in [0, 0.05) is 11.6 Å². The normalized spacial score (nSPS) is 12.6. The second kappa shape index (κ2) is 9.24. The average Bonchev–Trinajstić information content (AvgIpc) is 2.60. The molecule has 1 unspecified atom stereocenters. The van der Waals surface area contributed by atoms with Crippen molar-refractivity contribution in [3.05, 3.63) is 35.1 Å². The van der Waals surface area contributed by atoms with Gasteiger partial charge in [-0.1, -0.05) is 28.1 Å². The zero-order valence-corrected chi connectivity index (χ0v) is 16.5. The summed E-state index contributed by atoms with van der Waals surface area (Å²) in [5.41, 5.74) is 0.989. The predicted molar refractivity (Wildman–Crippen MR) is 99.9 cm³/mol. The Morgan fingerprint density at radius 3 is 2.58 bits per heavy atom. The maximum absolute atomic E-state index is 12.3. The van der Waals surface area contributed by atoms with Crippen LogP contribution in [0.4, 0.5) is 5.82 Å². The van der Waals surface area contributed by atoms with Crippen molar-refractivity contribution in [1.29, 1.82) is 0 Å². The van der Waals surface area contributed by atoms with E-state index >= 15 is 0 Å². The van der Waals surface area contributed by atoms with Gasteiger partial charge in [0.1, 0.15) is 19.2 Å². The van der Waals surface area contributed by atoms with Crippen LogP contribution in [0.5, 0.6) is 5.88 Å². The van der Waals surface area contributed by atoms with Gasteiger partial charge in [0.15, 0.2) is 5.82 Å². The zero-order chi connectivity index (χ0) is 19.2. The first-order valence-corrected chi connectivity index (χ1v) is 9.81. The molecule has 0 fully saturated rings. The first-order valence-electron chi connectivity index (χ1n) is 7.53. The number of aromatic nitrogens is 2. The predicted octanol–water partition coefficient (Wildman–Crippen LogP) is 1.52. The molecule has 142 valence electrons. The quantitative estimate of drug-likeness (QED) is 0.498. The van der Waals surface area contributed by atoms with Crippen LogP contribution >= 0.6 is 15.9 Å². The number of nitrogens with zero attached hydrogens (tertiary/aromatic N) is 2. The van der Waals surface area contributed by atoms with E-state index in [1.54, 1.807) is 31.2 Å². The molecular formula is C15H19BrN4O5S. The molecule has 1 aromatic carbocycles. The molecule has 0 saturated heterocycles. The summed E-state index contributed by atoms with van der Waals surface area (Å²) < 4.78 is 40.4. The first-order chi connectivity index (χ1) is 12.4. The molecule has 2 rings (SSSR count). The molecular weight excluding hydrogens is 428 g/mol. The van der Waals surface area contributed by atoms with Gasteiger partial charge in [-0.05, 0) is 24.6 Å². The van der Waals surface area contributed by atoms with Gasteiger partial charge in [-0.25, -0.2) is 9.97 Å². The van der Waals surface area contributed by atoms with Gasteiger partial charge in [0.25, 0.3) is 0 Å². The standard InChI is InChI=1S/C15H19BrN4O5S/c1-10(24-2)19-26(22,23)20-14-13(11-3-5-12(16)6-4-11)15(18-9-17-14)25-8-7-21/h3-6,9-10,19,21H,7-8H2,1-2H3,(H,17,18,20). The third-order valence-electron chi connectivity index (χ3n) is 3.18. The summed E-state index contributed by atoms with van der Waals surface area (Å²) >= 11 is 3.35. The largest absolute Gasteiger partial charge is 0.475 e.